The van der Waals surface area contributed by atoms with Gasteiger partial charge in [-0.1, -0.05) is 32.0 Å². The van der Waals surface area contributed by atoms with E-state index < -0.39 is 6.03 Å². The lowest BCUT2D eigenvalue weighted by molar-refractivity contribution is 0.0603. The van der Waals surface area contributed by atoms with Gasteiger partial charge in [0.2, 0.25) is 0 Å². The number of nitrogens with zero attached hydrogens (tertiary/aromatic N) is 1. The minimum absolute atomic E-state index is 0.0122. The van der Waals surface area contributed by atoms with Gasteiger partial charge < -0.3 is 21.1 Å². The number of aromatic hydroxyl groups is 1. The number of fused-ring (bicyclic) bond motifs is 1. The first-order chi connectivity index (χ1) is 12.9. The second-order valence-electron chi connectivity index (χ2n) is 7.24. The minimum Gasteiger partial charge on any atom is -0.508 e. The SMILES string of the molecule is CC(C)C1c2ccc(O)cc2CCN1C(=O)c1ccc(CNC(N)=O)cc1. The maximum Gasteiger partial charge on any atom is 0.312 e. The fourth-order valence-corrected chi connectivity index (χ4v) is 3.71. The van der Waals surface area contributed by atoms with E-state index in [1.807, 2.05) is 23.1 Å². The number of carbonyl (C=O) groups is 2. The van der Waals surface area contributed by atoms with Crippen LogP contribution in [0.1, 0.15) is 46.9 Å². The molecule has 3 amide bonds. The predicted molar refractivity (Wildman–Crippen MR) is 103 cm³/mol. The molecule has 142 valence electrons. The molecule has 0 spiro atoms. The van der Waals surface area contributed by atoms with E-state index in [9.17, 15) is 14.7 Å². The van der Waals surface area contributed by atoms with Crippen molar-refractivity contribution in [1.82, 2.24) is 10.2 Å². The van der Waals surface area contributed by atoms with E-state index in [1.165, 1.54) is 0 Å². The van der Waals surface area contributed by atoms with E-state index in [0.29, 0.717) is 18.7 Å². The van der Waals surface area contributed by atoms with E-state index in [1.54, 1.807) is 24.3 Å². The van der Waals surface area contributed by atoms with Crippen molar-refractivity contribution in [1.29, 1.82) is 0 Å². The zero-order valence-corrected chi connectivity index (χ0v) is 15.6. The maximum absolute atomic E-state index is 13.2. The number of urea groups is 1. The van der Waals surface area contributed by atoms with Gasteiger partial charge >= 0.3 is 6.03 Å². The van der Waals surface area contributed by atoms with Crippen LogP contribution >= 0.6 is 0 Å². The van der Waals surface area contributed by atoms with Crippen LogP contribution in [0.15, 0.2) is 42.5 Å². The number of nitrogens with one attached hydrogen (secondary N) is 1. The zero-order chi connectivity index (χ0) is 19.6. The summed E-state index contributed by atoms with van der Waals surface area (Å²) in [6.45, 7) is 5.15. The van der Waals surface area contributed by atoms with Gasteiger partial charge in [-0.05, 0) is 53.3 Å². The largest absolute Gasteiger partial charge is 0.508 e. The van der Waals surface area contributed by atoms with Gasteiger partial charge in [-0.3, -0.25) is 4.79 Å². The summed E-state index contributed by atoms with van der Waals surface area (Å²) in [5.74, 6) is 0.495. The standard InChI is InChI=1S/C21H25N3O3/c1-13(2)19-18-8-7-17(25)11-16(18)9-10-24(19)20(26)15-5-3-14(4-6-15)12-23-21(22)27/h3-8,11,13,19,25H,9-10,12H2,1-2H3,(H3,22,23,27). The van der Waals surface area contributed by atoms with Crippen LogP contribution in [0.4, 0.5) is 4.79 Å². The Bertz CT molecular complexity index is 846. The summed E-state index contributed by atoms with van der Waals surface area (Å²) >= 11 is 0. The molecule has 1 aliphatic rings. The van der Waals surface area contributed by atoms with Gasteiger partial charge in [-0.25, -0.2) is 4.79 Å². The van der Waals surface area contributed by atoms with E-state index in [4.69, 9.17) is 5.73 Å². The Morgan fingerprint density at radius 2 is 1.93 bits per heavy atom. The molecule has 0 radical (unpaired) electrons. The van der Waals surface area contributed by atoms with Gasteiger partial charge in [0.25, 0.3) is 5.91 Å². The Kier molecular flexibility index (Phi) is 5.35. The topological polar surface area (TPSA) is 95.7 Å². The number of primary amides is 1. The maximum atomic E-state index is 13.2. The van der Waals surface area contributed by atoms with Crippen LogP contribution in [0.2, 0.25) is 0 Å². The number of carbonyl (C=O) groups excluding carboxylic acids is 2. The average Bonchev–Trinajstić information content (AvgIpc) is 2.65. The molecule has 0 fully saturated rings. The molecule has 2 aromatic rings. The van der Waals surface area contributed by atoms with Crippen LogP contribution in [0, 0.1) is 5.92 Å². The third kappa shape index (κ3) is 4.05. The molecule has 4 N–H and O–H groups in total. The smallest absolute Gasteiger partial charge is 0.312 e. The number of amides is 3. The number of hydrogen-bond acceptors (Lipinski definition) is 3. The average molecular weight is 367 g/mol. The molecule has 6 heteroatoms. The quantitative estimate of drug-likeness (QED) is 0.775. The summed E-state index contributed by atoms with van der Waals surface area (Å²) in [5, 5.41) is 12.3. The lowest BCUT2D eigenvalue weighted by atomic mass is 9.85. The highest BCUT2D eigenvalue weighted by molar-refractivity contribution is 5.94. The van der Waals surface area contributed by atoms with Crippen LogP contribution < -0.4 is 11.1 Å². The second-order valence-corrected chi connectivity index (χ2v) is 7.24. The van der Waals surface area contributed by atoms with Crippen LogP contribution in [0.25, 0.3) is 0 Å². The summed E-state index contributed by atoms with van der Waals surface area (Å²) in [6.07, 6.45) is 0.722. The molecule has 1 heterocycles. The minimum atomic E-state index is -0.576. The molecule has 6 nitrogen and oxygen atoms in total. The van der Waals surface area contributed by atoms with E-state index in [-0.39, 0.29) is 23.6 Å². The van der Waals surface area contributed by atoms with Crippen LogP contribution in [-0.2, 0) is 13.0 Å². The van der Waals surface area contributed by atoms with Crippen molar-refractivity contribution in [2.24, 2.45) is 11.7 Å². The molecule has 0 saturated carbocycles. The van der Waals surface area contributed by atoms with E-state index in [0.717, 1.165) is 23.1 Å². The van der Waals surface area contributed by atoms with Crippen molar-refractivity contribution in [3.05, 3.63) is 64.7 Å². The summed E-state index contributed by atoms with van der Waals surface area (Å²) in [6, 6.07) is 12.0. The van der Waals surface area contributed by atoms with E-state index in [2.05, 4.69) is 19.2 Å². The summed E-state index contributed by atoms with van der Waals surface area (Å²) in [7, 11) is 0. The van der Waals surface area contributed by atoms with E-state index >= 15 is 0 Å². The number of rotatable bonds is 4. The first kappa shape index (κ1) is 18.8. The number of hydrogen-bond donors (Lipinski definition) is 3. The highest BCUT2D eigenvalue weighted by Crippen LogP contribution is 2.37. The van der Waals surface area contributed by atoms with Gasteiger partial charge in [0.15, 0.2) is 0 Å². The van der Waals surface area contributed by atoms with Crippen molar-refractivity contribution in [2.75, 3.05) is 6.54 Å². The lowest BCUT2D eigenvalue weighted by Gasteiger charge is -2.40. The number of benzene rings is 2. The van der Waals surface area contributed by atoms with Crippen LogP contribution in [0.3, 0.4) is 0 Å². The second kappa shape index (κ2) is 7.70. The van der Waals surface area contributed by atoms with Crippen LogP contribution in [-0.4, -0.2) is 28.5 Å². The first-order valence-electron chi connectivity index (χ1n) is 9.12. The molecule has 0 saturated heterocycles. The van der Waals surface area contributed by atoms with Crippen molar-refractivity contribution in [3.8, 4) is 5.75 Å². The molecule has 3 rings (SSSR count). The zero-order valence-electron chi connectivity index (χ0n) is 15.6. The van der Waals surface area contributed by atoms with Crippen molar-refractivity contribution >= 4 is 11.9 Å². The fraction of sp³-hybridized carbons (Fsp3) is 0.333. The molecule has 0 aromatic heterocycles. The number of phenols is 1. The number of phenolic OH excluding ortho intramolecular Hbond substituents is 1. The molecule has 0 bridgehead atoms. The van der Waals surface area contributed by atoms with Gasteiger partial charge in [0.1, 0.15) is 5.75 Å². The third-order valence-electron chi connectivity index (χ3n) is 4.96. The van der Waals surface area contributed by atoms with Gasteiger partial charge in [0.05, 0.1) is 6.04 Å². The third-order valence-corrected chi connectivity index (χ3v) is 4.96. The summed E-state index contributed by atoms with van der Waals surface area (Å²) in [5.41, 5.74) is 8.78. The first-order valence-corrected chi connectivity index (χ1v) is 9.12. The molecule has 2 aromatic carbocycles. The molecule has 1 aliphatic heterocycles. The monoisotopic (exact) mass is 367 g/mol. The molecule has 1 unspecified atom stereocenters. The van der Waals surface area contributed by atoms with Gasteiger partial charge in [-0.15, -0.1) is 0 Å². The lowest BCUT2D eigenvalue weighted by Crippen LogP contribution is -2.42. The molecule has 1 atom stereocenters. The van der Waals surface area contributed by atoms with Crippen LogP contribution in [0.5, 0.6) is 5.75 Å². The Morgan fingerprint density at radius 1 is 1.22 bits per heavy atom. The Hall–Kier alpha value is -3.02. The Balaban J connectivity index is 1.83. The Morgan fingerprint density at radius 3 is 2.56 bits per heavy atom. The predicted octanol–water partition coefficient (Wildman–Crippen LogP) is 2.96. The summed E-state index contributed by atoms with van der Waals surface area (Å²) < 4.78 is 0. The van der Waals surface area contributed by atoms with Crippen molar-refractivity contribution < 1.29 is 14.7 Å². The molecular formula is C21H25N3O3. The molecular weight excluding hydrogens is 342 g/mol. The van der Waals surface area contributed by atoms with Gasteiger partial charge in [0, 0.05) is 18.7 Å². The van der Waals surface area contributed by atoms with Crippen molar-refractivity contribution in [2.45, 2.75) is 32.9 Å². The highest BCUT2D eigenvalue weighted by atomic mass is 16.3. The molecule has 0 aliphatic carbocycles. The molecule has 27 heavy (non-hydrogen) atoms. The Labute approximate surface area is 159 Å². The van der Waals surface area contributed by atoms with Crippen molar-refractivity contribution in [3.63, 3.8) is 0 Å². The normalized spacial score (nSPS) is 16.1. The number of nitrogens with two attached hydrogens (primary N) is 1. The fourth-order valence-electron chi connectivity index (χ4n) is 3.71. The highest BCUT2D eigenvalue weighted by Gasteiger charge is 2.33. The summed E-state index contributed by atoms with van der Waals surface area (Å²) in [4.78, 5) is 25.9. The van der Waals surface area contributed by atoms with Gasteiger partial charge in [-0.2, -0.15) is 0 Å².